The van der Waals surface area contributed by atoms with Crippen LogP contribution in [0.1, 0.15) is 38.3 Å². The smallest absolute Gasteiger partial charge is 0.234 e. The van der Waals surface area contributed by atoms with Crippen molar-refractivity contribution in [3.8, 4) is 0 Å². The number of amides is 1. The molecule has 1 aliphatic carbocycles. The summed E-state index contributed by atoms with van der Waals surface area (Å²) in [5.74, 6) is 1.94. The van der Waals surface area contributed by atoms with Gasteiger partial charge in [0.15, 0.2) is 0 Å². The van der Waals surface area contributed by atoms with Gasteiger partial charge in [-0.15, -0.1) is 24.8 Å². The van der Waals surface area contributed by atoms with Crippen molar-refractivity contribution in [2.75, 3.05) is 31.1 Å². The minimum atomic E-state index is 0. The van der Waals surface area contributed by atoms with Crippen molar-refractivity contribution < 1.29 is 4.79 Å². The molecule has 3 rings (SSSR count). The summed E-state index contributed by atoms with van der Waals surface area (Å²) in [5, 5.41) is 6.39. The van der Waals surface area contributed by atoms with Gasteiger partial charge in [0, 0.05) is 30.9 Å². The highest BCUT2D eigenvalue weighted by molar-refractivity contribution is 5.85. The number of halogens is 2. The third-order valence-corrected chi connectivity index (χ3v) is 4.67. The number of anilines is 1. The highest BCUT2D eigenvalue weighted by Gasteiger charge is 2.23. The fourth-order valence-electron chi connectivity index (χ4n) is 3.00. The largest absolute Gasteiger partial charge is 0.356 e. The minimum absolute atomic E-state index is 0. The second-order valence-electron chi connectivity index (χ2n) is 6.62. The zero-order valence-corrected chi connectivity index (χ0v) is 16.4. The Morgan fingerprint density at radius 1 is 1.20 bits per heavy atom. The zero-order chi connectivity index (χ0) is 16.1. The Kier molecular flexibility index (Phi) is 9.46. The van der Waals surface area contributed by atoms with E-state index in [0.29, 0.717) is 6.54 Å². The number of nitrogens with zero attached hydrogens (tertiary/aromatic N) is 3. The van der Waals surface area contributed by atoms with Gasteiger partial charge >= 0.3 is 0 Å². The predicted octanol–water partition coefficient (Wildman–Crippen LogP) is 1.97. The quantitative estimate of drug-likeness (QED) is 0.745. The molecule has 1 aromatic rings. The maximum Gasteiger partial charge on any atom is 0.234 e. The first-order valence-electron chi connectivity index (χ1n) is 8.80. The molecule has 1 saturated carbocycles. The maximum atomic E-state index is 11.9. The lowest BCUT2D eigenvalue weighted by Crippen LogP contribution is -2.47. The number of rotatable bonds is 7. The first-order chi connectivity index (χ1) is 11.2. The lowest BCUT2D eigenvalue weighted by Gasteiger charge is -2.33. The normalized spacial score (nSPS) is 17.4. The molecule has 0 aromatic carbocycles. The molecule has 6 nitrogen and oxygen atoms in total. The van der Waals surface area contributed by atoms with Crippen molar-refractivity contribution >= 4 is 36.5 Å². The first-order valence-corrected chi connectivity index (χ1v) is 8.80. The van der Waals surface area contributed by atoms with Crippen molar-refractivity contribution in [1.29, 1.82) is 0 Å². The summed E-state index contributed by atoms with van der Waals surface area (Å²) in [6.07, 6.45) is 7.15. The maximum absolute atomic E-state index is 11.9. The number of nitrogens with one attached hydrogen (secondary N) is 2. The van der Waals surface area contributed by atoms with E-state index in [1.54, 1.807) is 6.33 Å². The van der Waals surface area contributed by atoms with Gasteiger partial charge in [0.05, 0.1) is 6.54 Å². The van der Waals surface area contributed by atoms with Crippen molar-refractivity contribution in [3.63, 3.8) is 0 Å². The van der Waals surface area contributed by atoms with Crippen molar-refractivity contribution in [3.05, 3.63) is 18.1 Å². The lowest BCUT2D eigenvalue weighted by atomic mass is 10.0. The standard InChI is InChI=1S/C17H27N5O.2ClH/c1-2-14-9-16(20-12-19-14)22-7-5-15(6-8-22)21-17(23)11-18-10-13-3-4-13;;/h9,12-13,15,18H,2-8,10-11H2,1H3,(H,21,23);2*1H. The van der Waals surface area contributed by atoms with Gasteiger partial charge in [-0.3, -0.25) is 4.79 Å². The fraction of sp³-hybridized carbons (Fsp3) is 0.706. The van der Waals surface area contributed by atoms with E-state index in [2.05, 4.69) is 38.5 Å². The molecule has 0 atom stereocenters. The van der Waals surface area contributed by atoms with Crippen LogP contribution in [0.3, 0.4) is 0 Å². The molecule has 1 aliphatic heterocycles. The van der Waals surface area contributed by atoms with Crippen LogP contribution in [0.2, 0.25) is 0 Å². The second-order valence-corrected chi connectivity index (χ2v) is 6.62. The third-order valence-electron chi connectivity index (χ3n) is 4.67. The fourth-order valence-corrected chi connectivity index (χ4v) is 3.00. The number of carbonyl (C=O) groups is 1. The van der Waals surface area contributed by atoms with Crippen LogP contribution < -0.4 is 15.5 Å². The van der Waals surface area contributed by atoms with Gasteiger partial charge in [0.2, 0.25) is 5.91 Å². The molecule has 2 heterocycles. The molecule has 2 fully saturated rings. The zero-order valence-electron chi connectivity index (χ0n) is 14.7. The molecule has 8 heteroatoms. The van der Waals surface area contributed by atoms with E-state index in [4.69, 9.17) is 0 Å². The molecule has 2 N–H and O–H groups in total. The molecular weight excluding hydrogens is 361 g/mol. The van der Waals surface area contributed by atoms with Gasteiger partial charge in [-0.2, -0.15) is 0 Å². The van der Waals surface area contributed by atoms with Gasteiger partial charge in [-0.25, -0.2) is 9.97 Å². The summed E-state index contributed by atoms with van der Waals surface area (Å²) in [7, 11) is 0. The van der Waals surface area contributed by atoms with Crippen LogP contribution in [-0.2, 0) is 11.2 Å². The molecule has 1 amide bonds. The molecule has 0 spiro atoms. The Labute approximate surface area is 162 Å². The van der Waals surface area contributed by atoms with Gasteiger partial charge in [0.1, 0.15) is 12.1 Å². The summed E-state index contributed by atoms with van der Waals surface area (Å²) in [4.78, 5) is 22.9. The van der Waals surface area contributed by atoms with Gasteiger partial charge in [0.25, 0.3) is 0 Å². The monoisotopic (exact) mass is 389 g/mol. The van der Waals surface area contributed by atoms with Crippen molar-refractivity contribution in [1.82, 2.24) is 20.6 Å². The molecule has 1 saturated heterocycles. The Morgan fingerprint density at radius 3 is 2.56 bits per heavy atom. The van der Waals surface area contributed by atoms with E-state index in [-0.39, 0.29) is 36.8 Å². The number of aromatic nitrogens is 2. The van der Waals surface area contributed by atoms with Crippen LogP contribution in [-0.4, -0.2) is 48.1 Å². The average molecular weight is 390 g/mol. The molecule has 142 valence electrons. The highest BCUT2D eigenvalue weighted by atomic mass is 35.5. The Morgan fingerprint density at radius 2 is 1.92 bits per heavy atom. The van der Waals surface area contributed by atoms with E-state index in [1.807, 2.05) is 0 Å². The van der Waals surface area contributed by atoms with Crippen molar-refractivity contribution in [2.24, 2.45) is 5.92 Å². The van der Waals surface area contributed by atoms with E-state index in [0.717, 1.165) is 56.3 Å². The first kappa shape index (κ1) is 21.9. The topological polar surface area (TPSA) is 70.2 Å². The second kappa shape index (κ2) is 10.8. The highest BCUT2D eigenvalue weighted by Crippen LogP contribution is 2.27. The van der Waals surface area contributed by atoms with Gasteiger partial charge < -0.3 is 15.5 Å². The molecule has 0 unspecified atom stereocenters. The van der Waals surface area contributed by atoms with Crippen LogP contribution in [0.25, 0.3) is 0 Å². The summed E-state index contributed by atoms with van der Waals surface area (Å²) in [5.41, 5.74) is 1.08. The van der Waals surface area contributed by atoms with Crippen LogP contribution in [0.4, 0.5) is 5.82 Å². The van der Waals surface area contributed by atoms with E-state index in [1.165, 1.54) is 12.8 Å². The summed E-state index contributed by atoms with van der Waals surface area (Å²) in [6.45, 7) is 5.40. The minimum Gasteiger partial charge on any atom is -0.356 e. The average Bonchev–Trinajstić information content (AvgIpc) is 3.40. The molecule has 25 heavy (non-hydrogen) atoms. The Bertz CT molecular complexity index is 534. The van der Waals surface area contributed by atoms with Crippen LogP contribution in [0.5, 0.6) is 0 Å². The summed E-state index contributed by atoms with van der Waals surface area (Å²) in [6, 6.07) is 2.36. The van der Waals surface area contributed by atoms with Gasteiger partial charge in [-0.1, -0.05) is 6.92 Å². The third kappa shape index (κ3) is 6.96. The number of piperidine rings is 1. The van der Waals surface area contributed by atoms with Crippen LogP contribution in [0, 0.1) is 5.92 Å². The SMILES string of the molecule is CCc1cc(N2CCC(NC(=O)CNCC3CC3)CC2)ncn1.Cl.Cl. The number of hydrogen-bond donors (Lipinski definition) is 2. The number of aryl methyl sites for hydroxylation is 1. The van der Waals surface area contributed by atoms with Crippen LogP contribution in [0.15, 0.2) is 12.4 Å². The van der Waals surface area contributed by atoms with E-state index in [9.17, 15) is 4.79 Å². The Balaban J connectivity index is 0.00000156. The lowest BCUT2D eigenvalue weighted by molar-refractivity contribution is -0.121. The number of carbonyl (C=O) groups excluding carboxylic acids is 1. The molecule has 0 radical (unpaired) electrons. The predicted molar refractivity (Wildman–Crippen MR) is 105 cm³/mol. The van der Waals surface area contributed by atoms with Gasteiger partial charge in [-0.05, 0) is 44.6 Å². The van der Waals surface area contributed by atoms with E-state index >= 15 is 0 Å². The molecule has 1 aromatic heterocycles. The van der Waals surface area contributed by atoms with Crippen molar-refractivity contribution in [2.45, 2.75) is 45.1 Å². The summed E-state index contributed by atoms with van der Waals surface area (Å²) < 4.78 is 0. The molecule has 2 aliphatic rings. The van der Waals surface area contributed by atoms with E-state index < -0.39 is 0 Å². The molecule has 0 bridgehead atoms. The molecular formula is C17H29Cl2N5O. The van der Waals surface area contributed by atoms with Crippen LogP contribution >= 0.6 is 24.8 Å². The Hall–Kier alpha value is -1.11. The summed E-state index contributed by atoms with van der Waals surface area (Å²) >= 11 is 0. The number of hydrogen-bond acceptors (Lipinski definition) is 5.